The highest BCUT2D eigenvalue weighted by Crippen LogP contribution is 2.14. The minimum atomic E-state index is -0.600. The van der Waals surface area contributed by atoms with Gasteiger partial charge in [-0.25, -0.2) is 0 Å². The maximum absolute atomic E-state index is 12.2. The van der Waals surface area contributed by atoms with E-state index in [4.69, 9.17) is 0 Å². The predicted octanol–water partition coefficient (Wildman–Crippen LogP) is 0.198. The zero-order valence-electron chi connectivity index (χ0n) is 11.1. The quantitative estimate of drug-likeness (QED) is 0.772. The van der Waals surface area contributed by atoms with E-state index in [1.54, 1.807) is 19.1 Å². The lowest BCUT2D eigenvalue weighted by Crippen LogP contribution is -2.59. The third-order valence-corrected chi connectivity index (χ3v) is 3.25. The summed E-state index contributed by atoms with van der Waals surface area (Å²) in [5, 5.41) is 11.4. The van der Waals surface area contributed by atoms with Crippen LogP contribution < -0.4 is 5.32 Å². The van der Waals surface area contributed by atoms with Crippen molar-refractivity contribution in [2.45, 2.75) is 25.8 Å². The molecule has 0 spiro atoms. The molecule has 1 fully saturated rings. The van der Waals surface area contributed by atoms with Crippen molar-refractivity contribution in [1.82, 2.24) is 10.2 Å². The lowest BCUT2D eigenvalue weighted by atomic mass is 10.1. The summed E-state index contributed by atoms with van der Waals surface area (Å²) in [6.45, 7) is 1.70. The Balaban J connectivity index is 2.11. The van der Waals surface area contributed by atoms with Gasteiger partial charge in [-0.2, -0.15) is 0 Å². The van der Waals surface area contributed by atoms with Crippen LogP contribution in [-0.4, -0.2) is 40.3 Å². The van der Waals surface area contributed by atoms with Crippen molar-refractivity contribution in [1.29, 1.82) is 0 Å². The summed E-state index contributed by atoms with van der Waals surface area (Å²) in [5.74, 6) is -1.03. The van der Waals surface area contributed by atoms with Crippen LogP contribution in [0.15, 0.2) is 24.3 Å². The first-order valence-corrected chi connectivity index (χ1v) is 6.42. The van der Waals surface area contributed by atoms with E-state index in [1.807, 2.05) is 0 Å². The summed E-state index contributed by atoms with van der Waals surface area (Å²) in [7, 11) is 0. The lowest BCUT2D eigenvalue weighted by molar-refractivity contribution is -0.149. The monoisotopic (exact) mass is 276 g/mol. The number of aromatic hydroxyl groups is 1. The number of phenols is 1. The number of benzene rings is 1. The van der Waals surface area contributed by atoms with Crippen LogP contribution in [-0.2, 0) is 20.8 Å². The first-order valence-electron chi connectivity index (χ1n) is 6.42. The van der Waals surface area contributed by atoms with E-state index in [-0.39, 0.29) is 24.6 Å². The molecule has 0 aromatic heterocycles. The average molecular weight is 276 g/mol. The van der Waals surface area contributed by atoms with Gasteiger partial charge in [-0.1, -0.05) is 19.1 Å². The molecule has 0 bridgehead atoms. The smallest absolute Gasteiger partial charge is 0.249 e. The lowest BCUT2D eigenvalue weighted by Gasteiger charge is -2.33. The van der Waals surface area contributed by atoms with E-state index in [2.05, 4.69) is 5.32 Å². The SMILES string of the molecule is CCC1C(=O)NC(=O)CN1C(=O)Cc1ccc(O)cc1. The van der Waals surface area contributed by atoms with Crippen LogP contribution in [0.2, 0.25) is 0 Å². The van der Waals surface area contributed by atoms with Crippen LogP contribution in [0.4, 0.5) is 0 Å². The first kappa shape index (κ1) is 14.0. The molecule has 0 radical (unpaired) electrons. The Morgan fingerprint density at radius 2 is 2.00 bits per heavy atom. The molecule has 0 aliphatic carbocycles. The Kier molecular flexibility index (Phi) is 4.02. The second-order valence-corrected chi connectivity index (χ2v) is 4.70. The number of hydrogen-bond acceptors (Lipinski definition) is 4. The van der Waals surface area contributed by atoms with Crippen molar-refractivity contribution < 1.29 is 19.5 Å². The Morgan fingerprint density at radius 3 is 2.60 bits per heavy atom. The zero-order valence-corrected chi connectivity index (χ0v) is 11.1. The van der Waals surface area contributed by atoms with E-state index in [0.29, 0.717) is 6.42 Å². The van der Waals surface area contributed by atoms with Gasteiger partial charge in [0.2, 0.25) is 17.7 Å². The number of carbonyl (C=O) groups is 3. The summed E-state index contributed by atoms with van der Waals surface area (Å²) < 4.78 is 0. The van der Waals surface area contributed by atoms with Crippen molar-refractivity contribution in [2.75, 3.05) is 6.54 Å². The molecule has 2 rings (SSSR count). The summed E-state index contributed by atoms with van der Waals surface area (Å²) in [6, 6.07) is 5.67. The highest BCUT2D eigenvalue weighted by molar-refractivity contribution is 6.04. The maximum atomic E-state index is 12.2. The molecule has 1 aromatic rings. The Hall–Kier alpha value is -2.37. The molecule has 1 aliphatic rings. The molecule has 20 heavy (non-hydrogen) atoms. The summed E-state index contributed by atoms with van der Waals surface area (Å²) >= 11 is 0. The van der Waals surface area contributed by atoms with Gasteiger partial charge in [0.05, 0.1) is 6.42 Å². The van der Waals surface area contributed by atoms with Gasteiger partial charge in [0.1, 0.15) is 18.3 Å². The van der Waals surface area contributed by atoms with Gasteiger partial charge in [0.15, 0.2) is 0 Å². The molecule has 6 heteroatoms. The van der Waals surface area contributed by atoms with Crippen LogP contribution >= 0.6 is 0 Å². The number of rotatable bonds is 3. The third kappa shape index (κ3) is 2.96. The van der Waals surface area contributed by atoms with Gasteiger partial charge in [0.25, 0.3) is 0 Å². The van der Waals surface area contributed by atoms with Gasteiger partial charge in [-0.3, -0.25) is 19.7 Å². The molecule has 0 saturated carbocycles. The van der Waals surface area contributed by atoms with Crippen molar-refractivity contribution >= 4 is 17.7 Å². The van der Waals surface area contributed by atoms with Gasteiger partial charge >= 0.3 is 0 Å². The second kappa shape index (κ2) is 5.73. The van der Waals surface area contributed by atoms with Crippen LogP contribution in [0.3, 0.4) is 0 Å². The largest absolute Gasteiger partial charge is 0.508 e. The van der Waals surface area contributed by atoms with Gasteiger partial charge in [-0.05, 0) is 24.1 Å². The van der Waals surface area contributed by atoms with Crippen molar-refractivity contribution in [3.8, 4) is 5.75 Å². The molecular weight excluding hydrogens is 260 g/mol. The molecular formula is C14H16N2O4. The normalized spacial score (nSPS) is 18.9. The number of carbonyl (C=O) groups excluding carboxylic acids is 3. The Bertz CT molecular complexity index is 539. The number of amides is 3. The molecule has 1 unspecified atom stereocenters. The molecule has 1 heterocycles. The highest BCUT2D eigenvalue weighted by Gasteiger charge is 2.35. The second-order valence-electron chi connectivity index (χ2n) is 4.70. The van der Waals surface area contributed by atoms with Gasteiger partial charge in [-0.15, -0.1) is 0 Å². The molecule has 1 atom stereocenters. The highest BCUT2D eigenvalue weighted by atomic mass is 16.3. The Labute approximate surface area is 116 Å². The number of piperazine rings is 1. The van der Waals surface area contributed by atoms with Crippen molar-refractivity contribution in [3.63, 3.8) is 0 Å². The van der Waals surface area contributed by atoms with Gasteiger partial charge in [0, 0.05) is 0 Å². The molecule has 1 aliphatic heterocycles. The van der Waals surface area contributed by atoms with E-state index in [9.17, 15) is 19.5 Å². The number of hydrogen-bond donors (Lipinski definition) is 2. The van der Waals surface area contributed by atoms with E-state index < -0.39 is 17.9 Å². The summed E-state index contributed by atoms with van der Waals surface area (Å²) in [4.78, 5) is 36.6. The minimum Gasteiger partial charge on any atom is -0.508 e. The summed E-state index contributed by atoms with van der Waals surface area (Å²) in [5.41, 5.74) is 0.723. The molecule has 6 nitrogen and oxygen atoms in total. The van der Waals surface area contributed by atoms with Crippen LogP contribution in [0, 0.1) is 0 Å². The number of phenolic OH excluding ortho intramolecular Hbond substituents is 1. The fourth-order valence-electron chi connectivity index (χ4n) is 2.22. The molecule has 1 saturated heterocycles. The molecule has 1 aromatic carbocycles. The number of nitrogens with zero attached hydrogens (tertiary/aromatic N) is 1. The minimum absolute atomic E-state index is 0.0946. The van der Waals surface area contributed by atoms with Crippen LogP contribution in [0.25, 0.3) is 0 Å². The van der Waals surface area contributed by atoms with E-state index in [1.165, 1.54) is 17.0 Å². The van der Waals surface area contributed by atoms with Crippen molar-refractivity contribution in [2.24, 2.45) is 0 Å². The third-order valence-electron chi connectivity index (χ3n) is 3.25. The fraction of sp³-hybridized carbons (Fsp3) is 0.357. The number of nitrogens with one attached hydrogen (secondary N) is 1. The first-order chi connectivity index (χ1) is 9.51. The zero-order chi connectivity index (χ0) is 14.7. The fourth-order valence-corrected chi connectivity index (χ4v) is 2.22. The number of imide groups is 1. The molecule has 3 amide bonds. The standard InChI is InChI=1S/C14H16N2O4/c1-2-11-14(20)15-12(18)8-16(11)13(19)7-9-3-5-10(17)6-4-9/h3-6,11,17H,2,7-8H2,1H3,(H,15,18,20). The Morgan fingerprint density at radius 1 is 1.35 bits per heavy atom. The van der Waals surface area contributed by atoms with E-state index >= 15 is 0 Å². The summed E-state index contributed by atoms with van der Waals surface area (Å²) in [6.07, 6.45) is 0.553. The molecule has 2 N–H and O–H groups in total. The van der Waals surface area contributed by atoms with Gasteiger partial charge < -0.3 is 10.0 Å². The average Bonchev–Trinajstić information content (AvgIpc) is 2.40. The predicted molar refractivity (Wildman–Crippen MR) is 70.8 cm³/mol. The maximum Gasteiger partial charge on any atom is 0.249 e. The van der Waals surface area contributed by atoms with E-state index in [0.717, 1.165) is 5.56 Å². The molecule has 106 valence electrons. The van der Waals surface area contributed by atoms with Crippen LogP contribution in [0.5, 0.6) is 5.75 Å². The van der Waals surface area contributed by atoms with Crippen molar-refractivity contribution in [3.05, 3.63) is 29.8 Å². The topological polar surface area (TPSA) is 86.7 Å². The van der Waals surface area contributed by atoms with Crippen LogP contribution in [0.1, 0.15) is 18.9 Å².